The lowest BCUT2D eigenvalue weighted by atomic mass is 10.1. The van der Waals surface area contributed by atoms with Gasteiger partial charge in [0.25, 0.3) is 0 Å². The highest BCUT2D eigenvalue weighted by molar-refractivity contribution is 7.89. The smallest absolute Gasteiger partial charge is 0.246 e. The molecule has 0 aromatic heterocycles. The van der Waals surface area contributed by atoms with Crippen LogP contribution in [0.4, 0.5) is 5.69 Å². The van der Waals surface area contributed by atoms with Gasteiger partial charge in [-0.25, -0.2) is 8.42 Å². The second-order valence-corrected chi connectivity index (χ2v) is 8.73. The Labute approximate surface area is 156 Å². The van der Waals surface area contributed by atoms with Crippen LogP contribution in [0.15, 0.2) is 47.4 Å². The number of para-hydroxylation sites is 1. The highest BCUT2D eigenvalue weighted by Crippen LogP contribution is 2.31. The molecule has 0 saturated carbocycles. The summed E-state index contributed by atoms with van der Waals surface area (Å²) >= 11 is 0. The van der Waals surface area contributed by atoms with Crippen LogP contribution in [0, 0.1) is 13.8 Å². The lowest BCUT2D eigenvalue weighted by Crippen LogP contribution is -2.53. The average molecular weight is 375 g/mol. The molecule has 2 aromatic rings. The third-order valence-electron chi connectivity index (χ3n) is 5.08. The van der Waals surface area contributed by atoms with E-state index in [1.807, 2.05) is 32.0 Å². The number of benzene rings is 2. The molecule has 1 aliphatic heterocycles. The van der Waals surface area contributed by atoms with E-state index in [1.54, 1.807) is 16.4 Å². The SMILES string of the molecule is COc1cc(C)c(C)cc1S(=O)(=O)N1CCN(c2ccccc2)C(C)C1. The third kappa shape index (κ3) is 3.44. The van der Waals surface area contributed by atoms with Crippen LogP contribution in [0.3, 0.4) is 0 Å². The Hall–Kier alpha value is -2.05. The fraction of sp³-hybridized carbons (Fsp3) is 0.400. The summed E-state index contributed by atoms with van der Waals surface area (Å²) in [5.74, 6) is 0.409. The Morgan fingerprint density at radius 3 is 2.31 bits per heavy atom. The van der Waals surface area contributed by atoms with Crippen molar-refractivity contribution in [3.63, 3.8) is 0 Å². The van der Waals surface area contributed by atoms with E-state index >= 15 is 0 Å². The van der Waals surface area contributed by atoms with Crippen LogP contribution in [-0.2, 0) is 10.0 Å². The van der Waals surface area contributed by atoms with Gasteiger partial charge in [0.15, 0.2) is 0 Å². The number of ether oxygens (including phenoxy) is 1. The van der Waals surface area contributed by atoms with Crippen LogP contribution in [0.5, 0.6) is 5.75 Å². The predicted octanol–water partition coefficient (Wildman–Crippen LogP) is 3.21. The van der Waals surface area contributed by atoms with Crippen LogP contribution in [0.25, 0.3) is 0 Å². The van der Waals surface area contributed by atoms with E-state index < -0.39 is 10.0 Å². The van der Waals surface area contributed by atoms with Crippen LogP contribution in [0.1, 0.15) is 18.1 Å². The molecule has 0 amide bonds. The highest BCUT2D eigenvalue weighted by Gasteiger charge is 2.34. The number of nitrogens with zero attached hydrogens (tertiary/aromatic N) is 2. The van der Waals surface area contributed by atoms with Crippen molar-refractivity contribution in [1.29, 1.82) is 0 Å². The number of hydrogen-bond donors (Lipinski definition) is 0. The number of aryl methyl sites for hydroxylation is 2. The zero-order valence-electron chi connectivity index (χ0n) is 15.8. The Balaban J connectivity index is 1.87. The number of anilines is 1. The first kappa shape index (κ1) is 18.7. The molecule has 5 nitrogen and oxygen atoms in total. The molecule has 2 aromatic carbocycles. The summed E-state index contributed by atoms with van der Waals surface area (Å²) in [7, 11) is -2.09. The Morgan fingerprint density at radius 2 is 1.69 bits per heavy atom. The minimum Gasteiger partial charge on any atom is -0.495 e. The molecule has 0 spiro atoms. The third-order valence-corrected chi connectivity index (χ3v) is 6.96. The van der Waals surface area contributed by atoms with Crippen LogP contribution in [0.2, 0.25) is 0 Å². The molecule has 6 heteroatoms. The first-order valence-electron chi connectivity index (χ1n) is 8.81. The maximum absolute atomic E-state index is 13.2. The van der Waals surface area contributed by atoms with E-state index in [0.29, 0.717) is 25.4 Å². The molecule has 0 bridgehead atoms. The van der Waals surface area contributed by atoms with Crippen molar-refractivity contribution < 1.29 is 13.2 Å². The number of methoxy groups -OCH3 is 1. The van der Waals surface area contributed by atoms with Gasteiger partial charge in [-0.05, 0) is 56.2 Å². The van der Waals surface area contributed by atoms with Crippen molar-refractivity contribution in [1.82, 2.24) is 4.31 Å². The van der Waals surface area contributed by atoms with Gasteiger partial charge in [0, 0.05) is 31.4 Å². The highest BCUT2D eigenvalue weighted by atomic mass is 32.2. The number of piperazine rings is 1. The van der Waals surface area contributed by atoms with Crippen molar-refractivity contribution in [2.24, 2.45) is 0 Å². The summed E-state index contributed by atoms with van der Waals surface area (Å²) in [5.41, 5.74) is 3.09. The van der Waals surface area contributed by atoms with Crippen LogP contribution < -0.4 is 9.64 Å². The standard InChI is InChI=1S/C20H26N2O3S/c1-15-12-19(25-4)20(13-16(15)2)26(23,24)21-10-11-22(17(3)14-21)18-8-6-5-7-9-18/h5-9,12-13,17H,10-11,14H2,1-4H3. The van der Waals surface area contributed by atoms with Gasteiger partial charge >= 0.3 is 0 Å². The van der Waals surface area contributed by atoms with Gasteiger partial charge in [-0.15, -0.1) is 0 Å². The van der Waals surface area contributed by atoms with Crippen molar-refractivity contribution in [3.8, 4) is 5.75 Å². The second-order valence-electron chi connectivity index (χ2n) is 6.83. The Kier molecular flexibility index (Phi) is 5.25. The summed E-state index contributed by atoms with van der Waals surface area (Å²) in [6.07, 6.45) is 0. The molecule has 1 saturated heterocycles. The maximum atomic E-state index is 13.2. The van der Waals surface area contributed by atoms with E-state index in [2.05, 4.69) is 24.0 Å². The van der Waals surface area contributed by atoms with E-state index in [1.165, 1.54) is 7.11 Å². The average Bonchev–Trinajstić information content (AvgIpc) is 2.64. The number of sulfonamides is 1. The van der Waals surface area contributed by atoms with Crippen molar-refractivity contribution in [2.45, 2.75) is 31.7 Å². The maximum Gasteiger partial charge on any atom is 0.246 e. The lowest BCUT2D eigenvalue weighted by Gasteiger charge is -2.40. The monoisotopic (exact) mass is 374 g/mol. The second kappa shape index (κ2) is 7.29. The molecule has 1 aliphatic rings. The van der Waals surface area contributed by atoms with Gasteiger partial charge in [0.05, 0.1) is 7.11 Å². The predicted molar refractivity (Wildman–Crippen MR) is 104 cm³/mol. The van der Waals surface area contributed by atoms with Crippen molar-refractivity contribution >= 4 is 15.7 Å². The fourth-order valence-corrected chi connectivity index (χ4v) is 5.14. The Morgan fingerprint density at radius 1 is 1.04 bits per heavy atom. The van der Waals surface area contributed by atoms with Crippen molar-refractivity contribution in [3.05, 3.63) is 53.6 Å². The lowest BCUT2D eigenvalue weighted by molar-refractivity contribution is 0.339. The number of hydrogen-bond acceptors (Lipinski definition) is 4. The minimum absolute atomic E-state index is 0.0958. The van der Waals surface area contributed by atoms with E-state index in [-0.39, 0.29) is 10.9 Å². The zero-order valence-corrected chi connectivity index (χ0v) is 16.6. The van der Waals surface area contributed by atoms with Crippen LogP contribution in [-0.4, -0.2) is 45.5 Å². The van der Waals surface area contributed by atoms with Gasteiger partial charge < -0.3 is 9.64 Å². The van der Waals surface area contributed by atoms with Gasteiger partial charge in [-0.3, -0.25) is 0 Å². The molecular weight excluding hydrogens is 348 g/mol. The molecule has 1 atom stereocenters. The fourth-order valence-electron chi connectivity index (χ4n) is 3.41. The molecule has 1 unspecified atom stereocenters. The quantitative estimate of drug-likeness (QED) is 0.825. The Bertz CT molecular complexity index is 881. The van der Waals surface area contributed by atoms with Crippen molar-refractivity contribution in [2.75, 3.05) is 31.6 Å². The largest absolute Gasteiger partial charge is 0.495 e. The molecule has 26 heavy (non-hydrogen) atoms. The first-order valence-corrected chi connectivity index (χ1v) is 10.3. The summed E-state index contributed by atoms with van der Waals surface area (Å²) in [4.78, 5) is 2.51. The molecule has 0 aliphatic carbocycles. The normalized spacial score (nSPS) is 18.8. The van der Waals surface area contributed by atoms with E-state index in [9.17, 15) is 8.42 Å². The summed E-state index contributed by atoms with van der Waals surface area (Å²) < 4.78 is 33.4. The molecule has 0 radical (unpaired) electrons. The molecular formula is C20H26N2O3S. The van der Waals surface area contributed by atoms with Gasteiger partial charge in [0.2, 0.25) is 10.0 Å². The number of rotatable bonds is 4. The molecule has 140 valence electrons. The zero-order chi connectivity index (χ0) is 18.9. The summed E-state index contributed by atoms with van der Waals surface area (Å²) in [6.45, 7) is 7.51. The topological polar surface area (TPSA) is 49.9 Å². The van der Waals surface area contributed by atoms with Gasteiger partial charge in [-0.1, -0.05) is 18.2 Å². The van der Waals surface area contributed by atoms with E-state index in [4.69, 9.17) is 4.74 Å². The summed E-state index contributed by atoms with van der Waals surface area (Å²) in [5, 5.41) is 0. The van der Waals surface area contributed by atoms with Gasteiger partial charge in [0.1, 0.15) is 10.6 Å². The first-order chi connectivity index (χ1) is 12.3. The molecule has 0 N–H and O–H groups in total. The van der Waals surface area contributed by atoms with E-state index in [0.717, 1.165) is 16.8 Å². The summed E-state index contributed by atoms with van der Waals surface area (Å²) in [6, 6.07) is 13.7. The molecule has 1 heterocycles. The van der Waals surface area contributed by atoms with Gasteiger partial charge in [-0.2, -0.15) is 4.31 Å². The van der Waals surface area contributed by atoms with Crippen LogP contribution >= 0.6 is 0 Å². The minimum atomic E-state index is -3.60. The molecule has 1 fully saturated rings. The molecule has 3 rings (SSSR count).